The zero-order valence-corrected chi connectivity index (χ0v) is 12.7. The summed E-state index contributed by atoms with van der Waals surface area (Å²) >= 11 is 0. The first kappa shape index (κ1) is 15.7. The average molecular weight is 265 g/mol. The smallest absolute Gasteiger partial charge is 0.218 e. The van der Waals surface area contributed by atoms with E-state index in [-0.39, 0.29) is 0 Å². The molecule has 0 amide bonds. The predicted octanol–water partition coefficient (Wildman–Crippen LogP) is 3.68. The number of unbranched alkanes of at least 4 members (excludes halogenated alkanes) is 2. The summed E-state index contributed by atoms with van der Waals surface area (Å²) in [7, 11) is 0. The van der Waals surface area contributed by atoms with E-state index in [1.54, 1.807) is 0 Å². The quantitative estimate of drug-likeness (QED) is 0.692. The Bertz CT molecular complexity index is 366. The van der Waals surface area contributed by atoms with E-state index in [2.05, 4.69) is 36.1 Å². The fraction of sp³-hybridized carbons (Fsp3) is 0.733. The van der Waals surface area contributed by atoms with Crippen LogP contribution in [0.3, 0.4) is 0 Å². The van der Waals surface area contributed by atoms with Crippen molar-refractivity contribution in [2.75, 3.05) is 18.5 Å². The van der Waals surface area contributed by atoms with Gasteiger partial charge in [0.15, 0.2) is 0 Å². The summed E-state index contributed by atoms with van der Waals surface area (Å²) in [5.74, 6) is 2.96. The van der Waals surface area contributed by atoms with Crippen LogP contribution in [0.1, 0.15) is 52.8 Å². The standard InChI is InChI=1S/C15H27N3O/c1-5-7-8-9-16-13-11-15(19-6-2)18-14(17-13)10-12(3)4/h11-12H,5-10H2,1-4H3,(H,16,17,18). The van der Waals surface area contributed by atoms with Crippen LogP contribution in [-0.2, 0) is 6.42 Å². The number of anilines is 1. The van der Waals surface area contributed by atoms with Crippen molar-refractivity contribution in [2.24, 2.45) is 5.92 Å². The van der Waals surface area contributed by atoms with Crippen LogP contribution >= 0.6 is 0 Å². The Hall–Kier alpha value is -1.32. The van der Waals surface area contributed by atoms with E-state index in [1.807, 2.05) is 13.0 Å². The highest BCUT2D eigenvalue weighted by atomic mass is 16.5. The molecule has 1 N–H and O–H groups in total. The van der Waals surface area contributed by atoms with Gasteiger partial charge in [0.25, 0.3) is 0 Å². The number of nitrogens with one attached hydrogen (secondary N) is 1. The van der Waals surface area contributed by atoms with Gasteiger partial charge >= 0.3 is 0 Å². The lowest BCUT2D eigenvalue weighted by Crippen LogP contribution is -2.09. The second-order valence-corrected chi connectivity index (χ2v) is 5.17. The summed E-state index contributed by atoms with van der Waals surface area (Å²) in [5.41, 5.74) is 0. The predicted molar refractivity (Wildman–Crippen MR) is 79.8 cm³/mol. The zero-order valence-electron chi connectivity index (χ0n) is 12.7. The maximum absolute atomic E-state index is 5.51. The highest BCUT2D eigenvalue weighted by Gasteiger charge is 2.07. The average Bonchev–Trinajstić information content (AvgIpc) is 2.34. The maximum Gasteiger partial charge on any atom is 0.218 e. The molecule has 0 unspecified atom stereocenters. The Balaban J connectivity index is 2.68. The normalized spacial score (nSPS) is 10.8. The summed E-state index contributed by atoms with van der Waals surface area (Å²) in [5, 5.41) is 3.36. The van der Waals surface area contributed by atoms with Gasteiger partial charge < -0.3 is 10.1 Å². The van der Waals surface area contributed by atoms with Crippen molar-refractivity contribution in [2.45, 2.75) is 53.4 Å². The Morgan fingerprint density at radius 1 is 1.21 bits per heavy atom. The molecule has 0 bridgehead atoms. The zero-order chi connectivity index (χ0) is 14.1. The summed E-state index contributed by atoms with van der Waals surface area (Å²) in [6, 6.07) is 1.89. The molecule has 4 heteroatoms. The van der Waals surface area contributed by atoms with Crippen molar-refractivity contribution in [1.29, 1.82) is 0 Å². The van der Waals surface area contributed by atoms with Gasteiger partial charge in [0, 0.05) is 19.0 Å². The van der Waals surface area contributed by atoms with Crippen LogP contribution < -0.4 is 10.1 Å². The minimum Gasteiger partial charge on any atom is -0.478 e. The van der Waals surface area contributed by atoms with Crippen LogP contribution in [0.25, 0.3) is 0 Å². The SMILES string of the molecule is CCCCCNc1cc(OCC)nc(CC(C)C)n1. The van der Waals surface area contributed by atoms with Gasteiger partial charge in [-0.1, -0.05) is 33.6 Å². The number of nitrogens with zero attached hydrogens (tertiary/aromatic N) is 2. The lowest BCUT2D eigenvalue weighted by molar-refractivity contribution is 0.324. The molecule has 19 heavy (non-hydrogen) atoms. The molecule has 1 rings (SSSR count). The van der Waals surface area contributed by atoms with Gasteiger partial charge in [0.05, 0.1) is 6.61 Å². The van der Waals surface area contributed by atoms with E-state index >= 15 is 0 Å². The molecule has 0 aliphatic heterocycles. The van der Waals surface area contributed by atoms with E-state index in [0.29, 0.717) is 18.4 Å². The van der Waals surface area contributed by atoms with Gasteiger partial charge in [-0.15, -0.1) is 0 Å². The molecule has 0 aromatic carbocycles. The highest BCUT2D eigenvalue weighted by molar-refractivity contribution is 5.38. The molecule has 0 spiro atoms. The molecule has 0 saturated heterocycles. The molecule has 4 nitrogen and oxygen atoms in total. The third kappa shape index (κ3) is 6.41. The van der Waals surface area contributed by atoms with Crippen LogP contribution in [0.5, 0.6) is 5.88 Å². The molecular formula is C15H27N3O. The van der Waals surface area contributed by atoms with Gasteiger partial charge in [-0.2, -0.15) is 4.98 Å². The molecule has 0 aliphatic carbocycles. The topological polar surface area (TPSA) is 47.0 Å². The molecule has 0 radical (unpaired) electrons. The molecule has 0 fully saturated rings. The monoisotopic (exact) mass is 265 g/mol. The highest BCUT2D eigenvalue weighted by Crippen LogP contribution is 2.16. The van der Waals surface area contributed by atoms with Crippen LogP contribution in [0.2, 0.25) is 0 Å². The summed E-state index contributed by atoms with van der Waals surface area (Å²) in [6.45, 7) is 10.1. The van der Waals surface area contributed by atoms with Crippen molar-refractivity contribution in [1.82, 2.24) is 9.97 Å². The van der Waals surface area contributed by atoms with E-state index < -0.39 is 0 Å². The molecule has 1 heterocycles. The molecule has 108 valence electrons. The van der Waals surface area contributed by atoms with Gasteiger partial charge in [0.2, 0.25) is 5.88 Å². The minimum absolute atomic E-state index is 0.546. The van der Waals surface area contributed by atoms with Gasteiger partial charge in [-0.3, -0.25) is 0 Å². The van der Waals surface area contributed by atoms with Crippen LogP contribution in [-0.4, -0.2) is 23.1 Å². The number of hydrogen-bond donors (Lipinski definition) is 1. The van der Waals surface area contributed by atoms with Gasteiger partial charge in [-0.05, 0) is 19.3 Å². The van der Waals surface area contributed by atoms with Crippen molar-refractivity contribution < 1.29 is 4.74 Å². The fourth-order valence-corrected chi connectivity index (χ4v) is 1.83. The Kier molecular flexibility index (Phi) is 7.23. The van der Waals surface area contributed by atoms with Crippen LogP contribution in [0.4, 0.5) is 5.82 Å². The lowest BCUT2D eigenvalue weighted by atomic mass is 10.1. The molecule has 0 atom stereocenters. The van der Waals surface area contributed by atoms with Gasteiger partial charge in [-0.25, -0.2) is 4.98 Å². The molecule has 0 saturated carbocycles. The van der Waals surface area contributed by atoms with E-state index in [4.69, 9.17) is 4.74 Å². The van der Waals surface area contributed by atoms with Crippen LogP contribution in [0, 0.1) is 5.92 Å². The third-order valence-corrected chi connectivity index (χ3v) is 2.72. The molecular weight excluding hydrogens is 238 g/mol. The first-order valence-corrected chi connectivity index (χ1v) is 7.40. The van der Waals surface area contributed by atoms with Crippen LogP contribution in [0.15, 0.2) is 6.07 Å². The first-order valence-electron chi connectivity index (χ1n) is 7.40. The van der Waals surface area contributed by atoms with Crippen molar-refractivity contribution in [3.8, 4) is 5.88 Å². The molecule has 1 aromatic heterocycles. The maximum atomic E-state index is 5.51. The lowest BCUT2D eigenvalue weighted by Gasteiger charge is -2.11. The number of hydrogen-bond acceptors (Lipinski definition) is 4. The number of rotatable bonds is 9. The number of ether oxygens (including phenoxy) is 1. The Morgan fingerprint density at radius 3 is 2.63 bits per heavy atom. The van der Waals surface area contributed by atoms with Crippen molar-refractivity contribution in [3.63, 3.8) is 0 Å². The third-order valence-electron chi connectivity index (χ3n) is 2.72. The van der Waals surface area contributed by atoms with E-state index in [1.165, 1.54) is 19.3 Å². The summed E-state index contributed by atoms with van der Waals surface area (Å²) in [6.07, 6.45) is 4.53. The number of aromatic nitrogens is 2. The second-order valence-electron chi connectivity index (χ2n) is 5.17. The van der Waals surface area contributed by atoms with Gasteiger partial charge in [0.1, 0.15) is 11.6 Å². The largest absolute Gasteiger partial charge is 0.478 e. The van der Waals surface area contributed by atoms with E-state index in [9.17, 15) is 0 Å². The Morgan fingerprint density at radius 2 is 2.00 bits per heavy atom. The second kappa shape index (κ2) is 8.73. The summed E-state index contributed by atoms with van der Waals surface area (Å²) < 4.78 is 5.51. The minimum atomic E-state index is 0.546. The fourth-order valence-electron chi connectivity index (χ4n) is 1.83. The summed E-state index contributed by atoms with van der Waals surface area (Å²) in [4.78, 5) is 8.99. The first-order chi connectivity index (χ1) is 9.15. The molecule has 1 aromatic rings. The Labute approximate surface area is 117 Å². The molecule has 0 aliphatic rings. The van der Waals surface area contributed by atoms with E-state index in [0.717, 1.165) is 24.6 Å². The van der Waals surface area contributed by atoms with Crippen molar-refractivity contribution >= 4 is 5.82 Å². The van der Waals surface area contributed by atoms with Crippen molar-refractivity contribution in [3.05, 3.63) is 11.9 Å².